The van der Waals surface area contributed by atoms with Crippen LogP contribution >= 0.6 is 15.9 Å². The van der Waals surface area contributed by atoms with Crippen molar-refractivity contribution >= 4 is 15.9 Å². The molecule has 0 aliphatic carbocycles. The van der Waals surface area contributed by atoms with E-state index in [9.17, 15) is 5.11 Å². The second kappa shape index (κ2) is 4.80. The van der Waals surface area contributed by atoms with Crippen molar-refractivity contribution < 1.29 is 9.84 Å². The molecule has 0 aliphatic heterocycles. The Kier molecular flexibility index (Phi) is 3.96. The van der Waals surface area contributed by atoms with E-state index in [1.807, 2.05) is 12.1 Å². The largest absolute Gasteiger partial charge is 0.495 e. The van der Waals surface area contributed by atoms with E-state index in [0.717, 1.165) is 15.8 Å². The van der Waals surface area contributed by atoms with E-state index >= 15 is 0 Å². The van der Waals surface area contributed by atoms with Gasteiger partial charge in [0.1, 0.15) is 5.75 Å². The first-order valence-corrected chi connectivity index (χ1v) is 5.36. The average Bonchev–Trinajstić information content (AvgIpc) is 2.16. The third-order valence-corrected chi connectivity index (χ3v) is 2.77. The molecule has 1 N–H and O–H groups in total. The number of benzene rings is 1. The lowest BCUT2D eigenvalue weighted by atomic mass is 10.0. The Morgan fingerprint density at radius 3 is 2.50 bits per heavy atom. The minimum Gasteiger partial charge on any atom is -0.495 e. The molecule has 0 radical (unpaired) electrons. The van der Waals surface area contributed by atoms with Crippen LogP contribution in [0.1, 0.15) is 30.9 Å². The molecule has 14 heavy (non-hydrogen) atoms. The van der Waals surface area contributed by atoms with Gasteiger partial charge in [0.2, 0.25) is 0 Å². The Labute approximate surface area is 93.0 Å². The second-order valence-electron chi connectivity index (χ2n) is 3.51. The molecule has 0 atom stereocenters. The molecule has 0 spiro atoms. The molecule has 0 bridgehead atoms. The lowest BCUT2D eigenvalue weighted by Gasteiger charge is -2.13. The lowest BCUT2D eigenvalue weighted by molar-refractivity contribution is 0.273. The molecule has 0 aliphatic rings. The van der Waals surface area contributed by atoms with E-state index in [1.165, 1.54) is 5.56 Å². The van der Waals surface area contributed by atoms with Gasteiger partial charge in [-0.25, -0.2) is 0 Å². The summed E-state index contributed by atoms with van der Waals surface area (Å²) < 4.78 is 6.09. The number of aliphatic hydroxyl groups is 1. The number of methoxy groups -OCH3 is 1. The molecule has 2 nitrogen and oxygen atoms in total. The van der Waals surface area contributed by atoms with Gasteiger partial charge in [0.15, 0.2) is 0 Å². The molecule has 78 valence electrons. The SMILES string of the molecule is COc1c(Br)cc(C(C)C)cc1CO. The molecule has 0 aromatic heterocycles. The summed E-state index contributed by atoms with van der Waals surface area (Å²) >= 11 is 3.43. The quantitative estimate of drug-likeness (QED) is 0.903. The molecular formula is C11H15BrO2. The number of rotatable bonds is 3. The van der Waals surface area contributed by atoms with Crippen molar-refractivity contribution in [1.29, 1.82) is 0 Å². The maximum absolute atomic E-state index is 9.18. The van der Waals surface area contributed by atoms with Gasteiger partial charge in [-0.2, -0.15) is 0 Å². The number of hydrogen-bond donors (Lipinski definition) is 1. The summed E-state index contributed by atoms with van der Waals surface area (Å²) in [6.07, 6.45) is 0. The predicted octanol–water partition coefficient (Wildman–Crippen LogP) is 3.07. The number of hydrogen-bond acceptors (Lipinski definition) is 2. The molecule has 1 aromatic rings. The number of ether oxygens (including phenoxy) is 1. The van der Waals surface area contributed by atoms with Gasteiger partial charge >= 0.3 is 0 Å². The summed E-state index contributed by atoms with van der Waals surface area (Å²) in [4.78, 5) is 0. The van der Waals surface area contributed by atoms with Gasteiger partial charge < -0.3 is 9.84 Å². The zero-order valence-corrected chi connectivity index (χ0v) is 10.3. The summed E-state index contributed by atoms with van der Waals surface area (Å²) in [6, 6.07) is 4.01. The van der Waals surface area contributed by atoms with E-state index < -0.39 is 0 Å². The van der Waals surface area contributed by atoms with E-state index in [-0.39, 0.29) is 6.61 Å². The Morgan fingerprint density at radius 1 is 1.43 bits per heavy atom. The summed E-state index contributed by atoms with van der Waals surface area (Å²) in [6.45, 7) is 4.24. The van der Waals surface area contributed by atoms with Crippen LogP contribution in [0.25, 0.3) is 0 Å². The molecule has 3 heteroatoms. The van der Waals surface area contributed by atoms with Crippen LogP contribution in [0.3, 0.4) is 0 Å². The first-order valence-electron chi connectivity index (χ1n) is 4.57. The van der Waals surface area contributed by atoms with E-state index in [4.69, 9.17) is 4.74 Å². The predicted molar refractivity (Wildman–Crippen MR) is 60.7 cm³/mol. The molecule has 0 unspecified atom stereocenters. The van der Waals surface area contributed by atoms with Gasteiger partial charge in [-0.1, -0.05) is 13.8 Å². The molecular weight excluding hydrogens is 244 g/mol. The van der Waals surface area contributed by atoms with Crippen molar-refractivity contribution in [2.75, 3.05) is 7.11 Å². The van der Waals surface area contributed by atoms with Crippen LogP contribution in [-0.2, 0) is 6.61 Å². The highest BCUT2D eigenvalue weighted by Crippen LogP contribution is 2.32. The molecule has 0 heterocycles. The monoisotopic (exact) mass is 258 g/mol. The standard InChI is InChI=1S/C11H15BrO2/c1-7(2)8-4-9(6-13)11(14-3)10(12)5-8/h4-5,7,13H,6H2,1-3H3. The lowest BCUT2D eigenvalue weighted by Crippen LogP contribution is -1.97. The number of aliphatic hydroxyl groups excluding tert-OH is 1. The summed E-state index contributed by atoms with van der Waals surface area (Å²) in [5, 5.41) is 9.18. The Bertz CT molecular complexity index is 321. The Balaban J connectivity index is 3.24. The fourth-order valence-electron chi connectivity index (χ4n) is 1.35. The number of halogens is 1. The maximum atomic E-state index is 9.18. The van der Waals surface area contributed by atoms with Crippen molar-refractivity contribution in [3.05, 3.63) is 27.7 Å². The molecule has 0 saturated carbocycles. The van der Waals surface area contributed by atoms with Crippen molar-refractivity contribution in [3.8, 4) is 5.75 Å². The topological polar surface area (TPSA) is 29.5 Å². The smallest absolute Gasteiger partial charge is 0.138 e. The third-order valence-electron chi connectivity index (χ3n) is 2.18. The summed E-state index contributed by atoms with van der Waals surface area (Å²) in [5.74, 6) is 1.17. The Hall–Kier alpha value is -0.540. The zero-order valence-electron chi connectivity index (χ0n) is 8.67. The maximum Gasteiger partial charge on any atom is 0.138 e. The summed E-state index contributed by atoms with van der Waals surface area (Å²) in [5.41, 5.74) is 2.02. The van der Waals surface area contributed by atoms with Crippen LogP contribution < -0.4 is 4.74 Å². The van der Waals surface area contributed by atoms with Crippen LogP contribution in [0.5, 0.6) is 5.75 Å². The van der Waals surface area contributed by atoms with Crippen LogP contribution in [0.4, 0.5) is 0 Å². The second-order valence-corrected chi connectivity index (χ2v) is 4.36. The Morgan fingerprint density at radius 2 is 2.07 bits per heavy atom. The molecule has 1 aromatic carbocycles. The minimum absolute atomic E-state index is 0.00231. The van der Waals surface area contributed by atoms with E-state index in [1.54, 1.807) is 7.11 Å². The van der Waals surface area contributed by atoms with Gasteiger partial charge in [0, 0.05) is 5.56 Å². The first kappa shape index (κ1) is 11.5. The molecule has 0 amide bonds. The fourth-order valence-corrected chi connectivity index (χ4v) is 2.03. The van der Waals surface area contributed by atoms with Crippen LogP contribution in [-0.4, -0.2) is 12.2 Å². The highest BCUT2D eigenvalue weighted by molar-refractivity contribution is 9.10. The molecule has 1 rings (SSSR count). The van der Waals surface area contributed by atoms with Crippen molar-refractivity contribution in [2.24, 2.45) is 0 Å². The van der Waals surface area contributed by atoms with Gasteiger partial charge in [-0.3, -0.25) is 0 Å². The van der Waals surface area contributed by atoms with E-state index in [0.29, 0.717) is 5.92 Å². The van der Waals surface area contributed by atoms with Gasteiger partial charge in [-0.05, 0) is 39.5 Å². The third kappa shape index (κ3) is 2.28. The fraction of sp³-hybridized carbons (Fsp3) is 0.455. The molecule has 0 saturated heterocycles. The normalized spacial score (nSPS) is 10.7. The molecule has 0 fully saturated rings. The highest BCUT2D eigenvalue weighted by Gasteiger charge is 2.10. The van der Waals surface area contributed by atoms with E-state index in [2.05, 4.69) is 29.8 Å². The minimum atomic E-state index is 0.00231. The highest BCUT2D eigenvalue weighted by atomic mass is 79.9. The van der Waals surface area contributed by atoms with Gasteiger partial charge in [-0.15, -0.1) is 0 Å². The van der Waals surface area contributed by atoms with Gasteiger partial charge in [0.25, 0.3) is 0 Å². The van der Waals surface area contributed by atoms with Crippen molar-refractivity contribution in [1.82, 2.24) is 0 Å². The average molecular weight is 259 g/mol. The zero-order chi connectivity index (χ0) is 10.7. The van der Waals surface area contributed by atoms with Crippen molar-refractivity contribution in [2.45, 2.75) is 26.4 Å². The van der Waals surface area contributed by atoms with Gasteiger partial charge in [0.05, 0.1) is 18.2 Å². The van der Waals surface area contributed by atoms with Crippen LogP contribution in [0.2, 0.25) is 0 Å². The summed E-state index contributed by atoms with van der Waals surface area (Å²) in [7, 11) is 1.61. The van der Waals surface area contributed by atoms with Crippen LogP contribution in [0.15, 0.2) is 16.6 Å². The van der Waals surface area contributed by atoms with Crippen molar-refractivity contribution in [3.63, 3.8) is 0 Å². The first-order chi connectivity index (χ1) is 6.60. The van der Waals surface area contributed by atoms with Crippen LogP contribution in [0, 0.1) is 0 Å².